The van der Waals surface area contributed by atoms with E-state index in [1.807, 2.05) is 36.7 Å². The van der Waals surface area contributed by atoms with E-state index in [1.165, 1.54) is 5.56 Å². The Morgan fingerprint density at radius 2 is 2.21 bits per heavy atom. The van der Waals surface area contributed by atoms with Crippen LogP contribution in [0.25, 0.3) is 5.65 Å². The fourth-order valence-electron chi connectivity index (χ4n) is 1.34. The third-order valence-corrected chi connectivity index (χ3v) is 3.05. The van der Waals surface area contributed by atoms with Crippen LogP contribution in [0.1, 0.15) is 24.2 Å². The lowest BCUT2D eigenvalue weighted by atomic mass is 10.3. The number of imidazole rings is 1. The van der Waals surface area contributed by atoms with Gasteiger partial charge in [0.25, 0.3) is 0 Å². The second-order valence-corrected chi connectivity index (χ2v) is 4.38. The molecular weight excluding hydrogens is 242 g/mol. The Balaban J connectivity index is 2.66. The van der Waals surface area contributed by atoms with Gasteiger partial charge in [-0.1, -0.05) is 0 Å². The van der Waals surface area contributed by atoms with Crippen LogP contribution in [0.15, 0.2) is 22.9 Å². The number of aromatic nitrogens is 2. The number of rotatable bonds is 1. The summed E-state index contributed by atoms with van der Waals surface area (Å²) in [6.07, 6.45) is 3.97. The summed E-state index contributed by atoms with van der Waals surface area (Å²) in [6.45, 7) is 3.98. The van der Waals surface area contributed by atoms with E-state index in [0.29, 0.717) is 0 Å². The summed E-state index contributed by atoms with van der Waals surface area (Å²) in [5.41, 5.74) is 8.81. The van der Waals surface area contributed by atoms with Crippen LogP contribution < -0.4 is 5.73 Å². The summed E-state index contributed by atoms with van der Waals surface area (Å²) in [7, 11) is 0. The number of aryl methyl sites for hydroxylation is 1. The van der Waals surface area contributed by atoms with Gasteiger partial charge in [-0.15, -0.1) is 0 Å². The summed E-state index contributed by atoms with van der Waals surface area (Å²) in [4.78, 5) is 4.43. The van der Waals surface area contributed by atoms with E-state index in [9.17, 15) is 0 Å². The molecule has 2 N–H and O–H groups in total. The van der Waals surface area contributed by atoms with Gasteiger partial charge < -0.3 is 10.1 Å². The standard InChI is InChI=1S/C10H12BrN3/c1-6-3-10-13-9(7(2)12)5-14(10)4-8(6)11/h3-5,7H,12H2,1-2H3. The molecule has 0 aromatic carbocycles. The SMILES string of the molecule is Cc1cc2nc(C(C)N)cn2cc1Br. The predicted octanol–water partition coefficient (Wildman–Crippen LogP) is 2.42. The van der Waals surface area contributed by atoms with Crippen LogP contribution in [0, 0.1) is 6.92 Å². The minimum Gasteiger partial charge on any atom is -0.323 e. The molecular formula is C10H12BrN3. The zero-order valence-corrected chi connectivity index (χ0v) is 9.75. The molecule has 0 radical (unpaired) electrons. The molecule has 0 spiro atoms. The number of hydrogen-bond donors (Lipinski definition) is 1. The van der Waals surface area contributed by atoms with Gasteiger partial charge in [0.15, 0.2) is 0 Å². The monoisotopic (exact) mass is 253 g/mol. The molecule has 2 rings (SSSR count). The molecule has 0 fully saturated rings. The molecule has 1 unspecified atom stereocenters. The minimum atomic E-state index is -0.0195. The largest absolute Gasteiger partial charge is 0.323 e. The maximum absolute atomic E-state index is 5.77. The maximum atomic E-state index is 5.77. The summed E-state index contributed by atoms with van der Waals surface area (Å²) in [5.74, 6) is 0. The number of nitrogens with zero attached hydrogens (tertiary/aromatic N) is 2. The van der Waals surface area contributed by atoms with Gasteiger partial charge >= 0.3 is 0 Å². The van der Waals surface area contributed by atoms with Gasteiger partial charge in [-0.2, -0.15) is 0 Å². The highest BCUT2D eigenvalue weighted by atomic mass is 79.9. The first-order valence-corrected chi connectivity index (χ1v) is 5.27. The topological polar surface area (TPSA) is 43.3 Å². The van der Waals surface area contributed by atoms with E-state index in [-0.39, 0.29) is 6.04 Å². The molecule has 14 heavy (non-hydrogen) atoms. The number of pyridine rings is 1. The fourth-order valence-corrected chi connectivity index (χ4v) is 1.68. The van der Waals surface area contributed by atoms with Crippen molar-refractivity contribution in [3.05, 3.63) is 34.2 Å². The molecule has 0 saturated carbocycles. The van der Waals surface area contributed by atoms with Crippen molar-refractivity contribution >= 4 is 21.6 Å². The van der Waals surface area contributed by atoms with Gasteiger partial charge in [0.1, 0.15) is 5.65 Å². The highest BCUT2D eigenvalue weighted by Gasteiger charge is 2.06. The quantitative estimate of drug-likeness (QED) is 0.849. The normalized spacial score (nSPS) is 13.4. The van der Waals surface area contributed by atoms with Crippen LogP contribution in [0.4, 0.5) is 0 Å². The van der Waals surface area contributed by atoms with Crippen LogP contribution in [0.2, 0.25) is 0 Å². The molecule has 0 amide bonds. The van der Waals surface area contributed by atoms with Gasteiger partial charge in [0, 0.05) is 22.9 Å². The fraction of sp³-hybridized carbons (Fsp3) is 0.300. The molecule has 2 aromatic heterocycles. The lowest BCUT2D eigenvalue weighted by molar-refractivity contribution is 0.790. The Hall–Kier alpha value is -0.870. The Morgan fingerprint density at radius 1 is 1.50 bits per heavy atom. The molecule has 0 aliphatic rings. The van der Waals surface area contributed by atoms with Gasteiger partial charge in [-0.3, -0.25) is 0 Å². The van der Waals surface area contributed by atoms with E-state index < -0.39 is 0 Å². The van der Waals surface area contributed by atoms with Crippen LogP contribution in [-0.2, 0) is 0 Å². The average Bonchev–Trinajstić information content (AvgIpc) is 2.48. The number of hydrogen-bond acceptors (Lipinski definition) is 2. The van der Waals surface area contributed by atoms with Crippen molar-refractivity contribution in [2.75, 3.05) is 0 Å². The highest BCUT2D eigenvalue weighted by molar-refractivity contribution is 9.10. The highest BCUT2D eigenvalue weighted by Crippen LogP contribution is 2.19. The second-order valence-electron chi connectivity index (χ2n) is 3.52. The van der Waals surface area contributed by atoms with Crippen molar-refractivity contribution in [3.63, 3.8) is 0 Å². The molecule has 1 atom stereocenters. The first kappa shape index (κ1) is 9.68. The molecule has 0 bridgehead atoms. The Labute approximate surface area is 91.1 Å². The molecule has 0 saturated heterocycles. The lowest BCUT2D eigenvalue weighted by Crippen LogP contribution is -2.04. The van der Waals surface area contributed by atoms with Crippen molar-refractivity contribution < 1.29 is 0 Å². The summed E-state index contributed by atoms with van der Waals surface area (Å²) < 4.78 is 3.06. The van der Waals surface area contributed by atoms with E-state index in [0.717, 1.165) is 15.8 Å². The molecule has 4 heteroatoms. The molecule has 3 nitrogen and oxygen atoms in total. The van der Waals surface area contributed by atoms with Crippen LogP contribution in [0.3, 0.4) is 0 Å². The summed E-state index contributed by atoms with van der Waals surface area (Å²) in [5, 5.41) is 0. The van der Waals surface area contributed by atoms with Crippen molar-refractivity contribution in [1.29, 1.82) is 0 Å². The van der Waals surface area contributed by atoms with E-state index in [4.69, 9.17) is 5.73 Å². The van der Waals surface area contributed by atoms with Crippen molar-refractivity contribution in [1.82, 2.24) is 9.38 Å². The van der Waals surface area contributed by atoms with Crippen LogP contribution in [0.5, 0.6) is 0 Å². The minimum absolute atomic E-state index is 0.0195. The van der Waals surface area contributed by atoms with E-state index in [1.54, 1.807) is 0 Å². The number of fused-ring (bicyclic) bond motifs is 1. The summed E-state index contributed by atoms with van der Waals surface area (Å²) >= 11 is 3.48. The van der Waals surface area contributed by atoms with Gasteiger partial charge in [0.05, 0.1) is 5.69 Å². The van der Waals surface area contributed by atoms with Crippen molar-refractivity contribution in [3.8, 4) is 0 Å². The Kier molecular flexibility index (Phi) is 2.33. The van der Waals surface area contributed by atoms with Gasteiger partial charge in [0.2, 0.25) is 0 Å². The molecule has 2 aromatic rings. The molecule has 74 valence electrons. The van der Waals surface area contributed by atoms with Crippen LogP contribution in [-0.4, -0.2) is 9.38 Å². The third-order valence-electron chi connectivity index (χ3n) is 2.22. The Bertz CT molecular complexity index is 434. The molecule has 2 heterocycles. The van der Waals surface area contributed by atoms with Gasteiger partial charge in [-0.05, 0) is 41.4 Å². The third kappa shape index (κ3) is 1.55. The van der Waals surface area contributed by atoms with Crippen molar-refractivity contribution in [2.45, 2.75) is 19.9 Å². The predicted molar refractivity (Wildman–Crippen MR) is 60.2 cm³/mol. The van der Waals surface area contributed by atoms with E-state index >= 15 is 0 Å². The zero-order chi connectivity index (χ0) is 10.3. The van der Waals surface area contributed by atoms with Gasteiger partial charge in [-0.25, -0.2) is 4.98 Å². The number of nitrogens with two attached hydrogens (primary N) is 1. The molecule has 0 aliphatic heterocycles. The van der Waals surface area contributed by atoms with E-state index in [2.05, 4.69) is 20.9 Å². The average molecular weight is 254 g/mol. The second kappa shape index (κ2) is 3.37. The zero-order valence-electron chi connectivity index (χ0n) is 8.16. The van der Waals surface area contributed by atoms with Crippen LogP contribution >= 0.6 is 15.9 Å². The molecule has 0 aliphatic carbocycles. The first-order chi connectivity index (χ1) is 6.58. The van der Waals surface area contributed by atoms with Crippen molar-refractivity contribution in [2.24, 2.45) is 5.73 Å². The first-order valence-electron chi connectivity index (χ1n) is 4.48. The smallest absolute Gasteiger partial charge is 0.137 e. The summed E-state index contributed by atoms with van der Waals surface area (Å²) in [6, 6.07) is 2.02. The Morgan fingerprint density at radius 3 is 2.86 bits per heavy atom. The number of halogens is 1. The lowest BCUT2D eigenvalue weighted by Gasteiger charge is -1.98. The maximum Gasteiger partial charge on any atom is 0.137 e.